The number of carbonyl (C=O) groups excluding carboxylic acids is 1. The molecule has 3 N–H and O–H groups in total. The Kier molecular flexibility index (Phi) is 5.25. The predicted octanol–water partition coefficient (Wildman–Crippen LogP) is 0.355. The lowest BCUT2D eigenvalue weighted by Gasteiger charge is -2.23. The van der Waals surface area contributed by atoms with E-state index in [1.54, 1.807) is 0 Å². The molecular weight excluding hydrogens is 208 g/mol. The summed E-state index contributed by atoms with van der Waals surface area (Å²) in [6.07, 6.45) is 2.84. The Bertz CT molecular complexity index is 250. The average molecular weight is 228 g/mol. The smallest absolute Gasteiger partial charge is 0.326 e. The average Bonchev–Trinajstić information content (AvgIpc) is 2.29. The van der Waals surface area contributed by atoms with Crippen LogP contribution in [0.1, 0.15) is 32.6 Å². The van der Waals surface area contributed by atoms with Gasteiger partial charge in [0.25, 0.3) is 0 Å². The summed E-state index contributed by atoms with van der Waals surface area (Å²) >= 11 is 0. The van der Waals surface area contributed by atoms with Gasteiger partial charge in [-0.05, 0) is 32.4 Å². The highest BCUT2D eigenvalue weighted by molar-refractivity contribution is 5.85. The monoisotopic (exact) mass is 228 g/mol. The van der Waals surface area contributed by atoms with Crippen LogP contribution in [-0.4, -0.2) is 36.1 Å². The van der Waals surface area contributed by atoms with Crippen molar-refractivity contribution in [2.75, 3.05) is 13.1 Å². The van der Waals surface area contributed by atoms with Crippen LogP contribution in [0.15, 0.2) is 0 Å². The van der Waals surface area contributed by atoms with Crippen molar-refractivity contribution in [1.29, 1.82) is 0 Å². The summed E-state index contributed by atoms with van der Waals surface area (Å²) in [6.45, 7) is 3.58. The SMILES string of the molecule is CCC[C@@H](NC(=O)C1CCNCC1)C(=O)O. The van der Waals surface area contributed by atoms with Crippen molar-refractivity contribution in [2.24, 2.45) is 5.92 Å². The normalized spacial score (nSPS) is 19.1. The first-order valence-electron chi connectivity index (χ1n) is 5.89. The molecule has 0 bridgehead atoms. The van der Waals surface area contributed by atoms with Gasteiger partial charge in [-0.3, -0.25) is 4.79 Å². The van der Waals surface area contributed by atoms with Crippen LogP contribution in [0.4, 0.5) is 0 Å². The molecule has 0 saturated carbocycles. The highest BCUT2D eigenvalue weighted by Crippen LogP contribution is 2.12. The Morgan fingerprint density at radius 2 is 2.06 bits per heavy atom. The van der Waals surface area contributed by atoms with Crippen molar-refractivity contribution in [1.82, 2.24) is 10.6 Å². The fourth-order valence-electron chi connectivity index (χ4n) is 1.92. The molecule has 0 aromatic carbocycles. The van der Waals surface area contributed by atoms with Gasteiger partial charge in [-0.15, -0.1) is 0 Å². The zero-order chi connectivity index (χ0) is 12.0. The van der Waals surface area contributed by atoms with Crippen LogP contribution in [0.5, 0.6) is 0 Å². The maximum atomic E-state index is 11.8. The Balaban J connectivity index is 2.43. The largest absolute Gasteiger partial charge is 0.480 e. The molecule has 1 heterocycles. The second-order valence-electron chi connectivity index (χ2n) is 4.21. The van der Waals surface area contributed by atoms with Crippen LogP contribution in [0.2, 0.25) is 0 Å². The zero-order valence-electron chi connectivity index (χ0n) is 9.66. The third kappa shape index (κ3) is 3.81. The first kappa shape index (κ1) is 13.0. The van der Waals surface area contributed by atoms with Gasteiger partial charge in [-0.1, -0.05) is 13.3 Å². The standard InChI is InChI=1S/C11H20N2O3/c1-2-3-9(11(15)16)13-10(14)8-4-6-12-7-5-8/h8-9,12H,2-7H2,1H3,(H,13,14)(H,15,16)/t9-/m1/s1. The summed E-state index contributed by atoms with van der Waals surface area (Å²) in [7, 11) is 0. The van der Waals surface area contributed by atoms with E-state index in [-0.39, 0.29) is 11.8 Å². The van der Waals surface area contributed by atoms with Crippen molar-refractivity contribution < 1.29 is 14.7 Å². The minimum Gasteiger partial charge on any atom is -0.480 e. The van der Waals surface area contributed by atoms with E-state index in [9.17, 15) is 9.59 Å². The lowest BCUT2D eigenvalue weighted by molar-refractivity contribution is -0.142. The molecule has 1 fully saturated rings. The molecule has 0 radical (unpaired) electrons. The second kappa shape index (κ2) is 6.48. The van der Waals surface area contributed by atoms with E-state index in [0.717, 1.165) is 32.4 Å². The van der Waals surface area contributed by atoms with Crippen LogP contribution >= 0.6 is 0 Å². The van der Waals surface area contributed by atoms with E-state index >= 15 is 0 Å². The minimum atomic E-state index is -0.941. The van der Waals surface area contributed by atoms with Gasteiger partial charge in [0.15, 0.2) is 0 Å². The van der Waals surface area contributed by atoms with Crippen LogP contribution in [0, 0.1) is 5.92 Å². The van der Waals surface area contributed by atoms with Gasteiger partial charge in [0.05, 0.1) is 0 Å². The third-order valence-corrected chi connectivity index (χ3v) is 2.90. The van der Waals surface area contributed by atoms with E-state index in [1.807, 2.05) is 6.92 Å². The summed E-state index contributed by atoms with van der Waals surface area (Å²) in [6, 6.07) is -0.729. The van der Waals surface area contributed by atoms with E-state index in [1.165, 1.54) is 0 Å². The summed E-state index contributed by atoms with van der Waals surface area (Å²) in [5.74, 6) is -1.08. The molecule has 5 nitrogen and oxygen atoms in total. The molecule has 0 aromatic heterocycles. The van der Waals surface area contributed by atoms with E-state index in [0.29, 0.717) is 6.42 Å². The number of carbonyl (C=O) groups is 2. The molecule has 0 spiro atoms. The van der Waals surface area contributed by atoms with E-state index in [2.05, 4.69) is 10.6 Å². The van der Waals surface area contributed by atoms with Gasteiger partial charge < -0.3 is 15.7 Å². The van der Waals surface area contributed by atoms with Crippen molar-refractivity contribution in [3.63, 3.8) is 0 Å². The molecule has 1 amide bonds. The second-order valence-corrected chi connectivity index (χ2v) is 4.21. The molecule has 0 aliphatic carbocycles. The Morgan fingerprint density at radius 1 is 1.44 bits per heavy atom. The Labute approximate surface area is 95.6 Å². The summed E-state index contributed by atoms with van der Waals surface area (Å²) in [4.78, 5) is 22.7. The summed E-state index contributed by atoms with van der Waals surface area (Å²) in [5, 5.41) is 14.7. The predicted molar refractivity (Wildman–Crippen MR) is 60.1 cm³/mol. The number of nitrogens with one attached hydrogen (secondary N) is 2. The molecule has 5 heteroatoms. The number of piperidine rings is 1. The van der Waals surface area contributed by atoms with Crippen molar-refractivity contribution in [3.05, 3.63) is 0 Å². The maximum Gasteiger partial charge on any atom is 0.326 e. The van der Waals surface area contributed by atoms with E-state index < -0.39 is 12.0 Å². The third-order valence-electron chi connectivity index (χ3n) is 2.90. The van der Waals surface area contributed by atoms with E-state index in [4.69, 9.17) is 5.11 Å². The van der Waals surface area contributed by atoms with Gasteiger partial charge in [0, 0.05) is 5.92 Å². The number of aliphatic carboxylic acids is 1. The molecule has 1 aliphatic heterocycles. The van der Waals surface area contributed by atoms with Gasteiger partial charge >= 0.3 is 5.97 Å². The fourth-order valence-corrected chi connectivity index (χ4v) is 1.92. The molecule has 1 aliphatic rings. The number of carboxylic acids is 1. The van der Waals surface area contributed by atoms with Crippen LogP contribution in [0.3, 0.4) is 0 Å². The Morgan fingerprint density at radius 3 is 2.56 bits per heavy atom. The van der Waals surface area contributed by atoms with Crippen LogP contribution in [0.25, 0.3) is 0 Å². The summed E-state index contributed by atoms with van der Waals surface area (Å²) in [5.41, 5.74) is 0. The lowest BCUT2D eigenvalue weighted by atomic mass is 9.96. The highest BCUT2D eigenvalue weighted by Gasteiger charge is 2.25. The fraction of sp³-hybridized carbons (Fsp3) is 0.818. The minimum absolute atomic E-state index is 0.0278. The van der Waals surface area contributed by atoms with Gasteiger partial charge in [0.1, 0.15) is 6.04 Å². The first-order chi connectivity index (χ1) is 7.65. The number of hydrogen-bond acceptors (Lipinski definition) is 3. The number of carboxylic acid groups (broad SMARTS) is 1. The maximum absolute atomic E-state index is 11.8. The number of amides is 1. The summed E-state index contributed by atoms with van der Waals surface area (Å²) < 4.78 is 0. The Hall–Kier alpha value is -1.10. The molecule has 16 heavy (non-hydrogen) atoms. The van der Waals surface area contributed by atoms with Crippen LogP contribution < -0.4 is 10.6 Å². The number of hydrogen-bond donors (Lipinski definition) is 3. The van der Waals surface area contributed by atoms with Crippen molar-refractivity contribution >= 4 is 11.9 Å². The lowest BCUT2D eigenvalue weighted by Crippen LogP contribution is -2.45. The highest BCUT2D eigenvalue weighted by atomic mass is 16.4. The number of rotatable bonds is 5. The van der Waals surface area contributed by atoms with Crippen LogP contribution in [-0.2, 0) is 9.59 Å². The molecule has 0 aromatic rings. The van der Waals surface area contributed by atoms with Crippen molar-refractivity contribution in [2.45, 2.75) is 38.6 Å². The first-order valence-corrected chi connectivity index (χ1v) is 5.89. The topological polar surface area (TPSA) is 78.4 Å². The zero-order valence-corrected chi connectivity index (χ0v) is 9.66. The molecule has 1 atom stereocenters. The molecule has 1 saturated heterocycles. The van der Waals surface area contributed by atoms with Gasteiger partial charge in [0.2, 0.25) is 5.91 Å². The van der Waals surface area contributed by atoms with Crippen molar-refractivity contribution in [3.8, 4) is 0 Å². The van der Waals surface area contributed by atoms with Gasteiger partial charge in [-0.25, -0.2) is 4.79 Å². The quantitative estimate of drug-likeness (QED) is 0.634. The molecule has 0 unspecified atom stereocenters. The molecule has 1 rings (SSSR count). The van der Waals surface area contributed by atoms with Gasteiger partial charge in [-0.2, -0.15) is 0 Å². The molecular formula is C11H20N2O3. The molecule has 92 valence electrons.